The molecule has 6 rings (SSSR count). The van der Waals surface area contributed by atoms with E-state index in [0.717, 1.165) is 35.1 Å². The van der Waals surface area contributed by atoms with Crippen LogP contribution in [0.4, 0.5) is 21.2 Å². The standard InChI is InChI=1S/2C26H36N6O5/c2*1-6-7-8-18(22(33)23(34)29-20-13-14-27-30-20)28-25(35)36-19(26(3,4)5)15-21-31-32-24(37-21)17-11-9-16(2)10-12-17/h2*9-14,18-19,22,33H,6-8,15H2,1-5H3,(H,28,35)(H2,27,29,30,34)/t18-,19+,22+;18-,19+,22-/m00/s1. The highest BCUT2D eigenvalue weighted by atomic mass is 16.6. The molecule has 6 aromatic rings. The van der Waals surface area contributed by atoms with Crippen LogP contribution in [0.25, 0.3) is 22.9 Å². The maximum absolute atomic E-state index is 12.9. The Morgan fingerprint density at radius 2 is 0.946 bits per heavy atom. The number of hydrogen-bond acceptors (Lipinski definition) is 16. The maximum atomic E-state index is 12.9. The van der Waals surface area contributed by atoms with Gasteiger partial charge in [-0.15, -0.1) is 20.4 Å². The summed E-state index contributed by atoms with van der Waals surface area (Å²) in [5.74, 6) is 0.822. The van der Waals surface area contributed by atoms with E-state index in [0.29, 0.717) is 60.9 Å². The van der Waals surface area contributed by atoms with Gasteiger partial charge in [0.15, 0.2) is 12.2 Å². The number of H-pyrrole nitrogens is 2. The van der Waals surface area contributed by atoms with E-state index in [-0.39, 0.29) is 12.8 Å². The number of aryl methyl sites for hydroxylation is 2. The van der Waals surface area contributed by atoms with Crippen molar-refractivity contribution in [3.8, 4) is 22.9 Å². The predicted molar refractivity (Wildman–Crippen MR) is 275 cm³/mol. The number of rotatable bonds is 22. The molecule has 6 atom stereocenters. The van der Waals surface area contributed by atoms with Crippen LogP contribution in [-0.4, -0.2) is 112 Å². The molecule has 0 aliphatic carbocycles. The van der Waals surface area contributed by atoms with Gasteiger partial charge in [-0.05, 0) is 61.8 Å². The van der Waals surface area contributed by atoms with Crippen molar-refractivity contribution in [2.75, 3.05) is 10.6 Å². The van der Waals surface area contributed by atoms with E-state index in [4.69, 9.17) is 18.3 Å². The van der Waals surface area contributed by atoms with Gasteiger partial charge in [0.25, 0.3) is 11.8 Å². The van der Waals surface area contributed by atoms with E-state index in [9.17, 15) is 29.4 Å². The van der Waals surface area contributed by atoms with Gasteiger partial charge < -0.3 is 49.8 Å². The van der Waals surface area contributed by atoms with Crippen molar-refractivity contribution in [1.29, 1.82) is 0 Å². The summed E-state index contributed by atoms with van der Waals surface area (Å²) in [6.45, 7) is 19.6. The van der Waals surface area contributed by atoms with Gasteiger partial charge in [-0.1, -0.05) is 116 Å². The van der Waals surface area contributed by atoms with Gasteiger partial charge in [0, 0.05) is 23.3 Å². The average Bonchev–Trinajstić information content (AvgIpc) is 4.22. The van der Waals surface area contributed by atoms with Crippen LogP contribution in [0.1, 0.15) is 117 Å². The van der Waals surface area contributed by atoms with E-state index in [1.807, 2.05) is 118 Å². The van der Waals surface area contributed by atoms with Gasteiger partial charge in [0.2, 0.25) is 23.6 Å². The number of amides is 4. The molecule has 22 heteroatoms. The molecular weight excluding hydrogens is 953 g/mol. The summed E-state index contributed by atoms with van der Waals surface area (Å²) in [4.78, 5) is 50.9. The Balaban J connectivity index is 0.000000274. The topological polar surface area (TPSA) is 311 Å². The van der Waals surface area contributed by atoms with Crippen molar-refractivity contribution in [2.45, 2.75) is 157 Å². The first kappa shape index (κ1) is 57.4. The Hall–Kier alpha value is -7.46. The fraction of sp³-hybridized carbons (Fsp3) is 0.500. The second kappa shape index (κ2) is 27.0. The van der Waals surface area contributed by atoms with Crippen LogP contribution >= 0.6 is 0 Å². The number of ether oxygens (including phenoxy) is 2. The number of benzene rings is 2. The summed E-state index contributed by atoms with van der Waals surface area (Å²) in [5.41, 5.74) is 2.94. The van der Waals surface area contributed by atoms with E-state index >= 15 is 0 Å². The average molecular weight is 1030 g/mol. The summed E-state index contributed by atoms with van der Waals surface area (Å²) in [5, 5.41) is 61.0. The van der Waals surface area contributed by atoms with Crippen LogP contribution in [0.2, 0.25) is 0 Å². The van der Waals surface area contributed by atoms with E-state index in [1.54, 1.807) is 12.1 Å². The summed E-state index contributed by atoms with van der Waals surface area (Å²) >= 11 is 0. The Morgan fingerprint density at radius 3 is 1.26 bits per heavy atom. The summed E-state index contributed by atoms with van der Waals surface area (Å²) in [7, 11) is 0. The number of anilines is 2. The Bertz CT molecular complexity index is 2460. The smallest absolute Gasteiger partial charge is 0.407 e. The van der Waals surface area contributed by atoms with Gasteiger partial charge in [0.1, 0.15) is 23.8 Å². The SMILES string of the molecule is CCCC[C@H](NC(=O)O[C@H](Cc1nnc(-c2ccc(C)cc2)o1)C(C)(C)C)[C@@H](O)C(=O)Nc1ccn[nH]1.CCCC[C@H](NC(=O)O[C@H](Cc1nnc(-c2ccc(C)cc2)o1)C(C)(C)C)[C@H](O)C(=O)Nc1ccn[nH]1. The van der Waals surface area contributed by atoms with E-state index < -0.39 is 71.3 Å². The lowest BCUT2D eigenvalue weighted by Crippen LogP contribution is -2.50. The molecule has 0 unspecified atom stereocenters. The number of alkyl carbamates (subject to hydrolysis) is 2. The second-order valence-electron chi connectivity index (χ2n) is 20.3. The number of aliphatic hydroxyl groups is 2. The highest BCUT2D eigenvalue weighted by Gasteiger charge is 2.35. The fourth-order valence-electron chi connectivity index (χ4n) is 7.19. The molecule has 0 fully saturated rings. The van der Waals surface area contributed by atoms with Crippen LogP contribution in [-0.2, 0) is 31.9 Å². The Labute approximate surface area is 431 Å². The highest BCUT2D eigenvalue weighted by molar-refractivity contribution is 5.94. The number of nitrogens with zero attached hydrogens (tertiary/aromatic N) is 6. The number of carbonyl (C=O) groups is 4. The monoisotopic (exact) mass is 1020 g/mol. The molecule has 4 aromatic heterocycles. The number of aliphatic hydroxyl groups excluding tert-OH is 2. The minimum atomic E-state index is -1.48. The summed E-state index contributed by atoms with van der Waals surface area (Å²) in [6.07, 6.45) is 1.54. The molecular formula is C52H72N12O10. The molecule has 2 aromatic carbocycles. The molecule has 0 radical (unpaired) electrons. The van der Waals surface area contributed by atoms with Crippen molar-refractivity contribution >= 4 is 35.6 Å². The number of aromatic nitrogens is 8. The van der Waals surface area contributed by atoms with E-state index in [1.165, 1.54) is 12.4 Å². The Kier molecular flexibility index (Phi) is 21.0. The summed E-state index contributed by atoms with van der Waals surface area (Å²) in [6, 6.07) is 16.9. The molecule has 8 N–H and O–H groups in total. The van der Waals surface area contributed by atoms with Crippen LogP contribution < -0.4 is 21.3 Å². The third-order valence-electron chi connectivity index (χ3n) is 11.8. The van der Waals surface area contributed by atoms with Gasteiger partial charge in [-0.25, -0.2) is 9.59 Å². The lowest BCUT2D eigenvalue weighted by Gasteiger charge is -2.30. The molecule has 22 nitrogen and oxygen atoms in total. The Morgan fingerprint density at radius 1 is 0.581 bits per heavy atom. The molecule has 0 saturated carbocycles. The number of carbonyl (C=O) groups excluding carboxylic acids is 4. The molecule has 74 heavy (non-hydrogen) atoms. The molecule has 4 amide bonds. The zero-order chi connectivity index (χ0) is 54.0. The number of aromatic amines is 2. The maximum Gasteiger partial charge on any atom is 0.407 e. The van der Waals surface area contributed by atoms with Crippen LogP contribution in [0, 0.1) is 24.7 Å². The molecule has 0 spiro atoms. The number of nitrogens with one attached hydrogen (secondary N) is 6. The lowest BCUT2D eigenvalue weighted by molar-refractivity contribution is -0.126. The van der Waals surface area contributed by atoms with Gasteiger partial charge in [-0.2, -0.15) is 10.2 Å². The van der Waals surface area contributed by atoms with Crippen molar-refractivity contribution in [3.63, 3.8) is 0 Å². The van der Waals surface area contributed by atoms with Crippen LogP contribution in [0.5, 0.6) is 0 Å². The zero-order valence-electron chi connectivity index (χ0n) is 43.9. The van der Waals surface area contributed by atoms with Gasteiger partial charge in [0.05, 0.1) is 37.3 Å². The number of hydrogen-bond donors (Lipinski definition) is 8. The minimum absolute atomic E-state index is 0.207. The highest BCUT2D eigenvalue weighted by Crippen LogP contribution is 2.29. The predicted octanol–water partition coefficient (Wildman–Crippen LogP) is 8.02. The summed E-state index contributed by atoms with van der Waals surface area (Å²) < 4.78 is 23.2. The lowest BCUT2D eigenvalue weighted by atomic mass is 9.87. The number of unbranched alkanes of at least 4 members (excludes halogenated alkanes) is 2. The van der Waals surface area contributed by atoms with Crippen molar-refractivity contribution in [2.24, 2.45) is 10.8 Å². The largest absolute Gasteiger partial charge is 0.445 e. The van der Waals surface area contributed by atoms with Gasteiger partial charge >= 0.3 is 12.2 Å². The molecule has 0 aliphatic rings. The van der Waals surface area contributed by atoms with Gasteiger partial charge in [-0.3, -0.25) is 19.8 Å². The molecule has 400 valence electrons. The molecule has 0 aliphatic heterocycles. The van der Waals surface area contributed by atoms with E-state index in [2.05, 4.69) is 62.1 Å². The van der Waals surface area contributed by atoms with Crippen LogP contribution in [0.15, 0.2) is 81.9 Å². The first-order valence-corrected chi connectivity index (χ1v) is 24.8. The van der Waals surface area contributed by atoms with Crippen molar-refractivity contribution in [3.05, 3.63) is 96.0 Å². The third kappa shape index (κ3) is 17.9. The first-order chi connectivity index (χ1) is 35.1. The van der Waals surface area contributed by atoms with Crippen molar-refractivity contribution < 1.29 is 47.7 Å². The first-order valence-electron chi connectivity index (χ1n) is 24.8. The molecule has 0 bridgehead atoms. The third-order valence-corrected chi connectivity index (χ3v) is 11.8. The quantitative estimate of drug-likeness (QED) is 0.0319. The minimum Gasteiger partial charge on any atom is -0.445 e. The normalized spacial score (nSPS) is 14.0. The van der Waals surface area contributed by atoms with Crippen molar-refractivity contribution in [1.82, 2.24) is 51.4 Å². The zero-order valence-corrected chi connectivity index (χ0v) is 43.9. The second-order valence-corrected chi connectivity index (χ2v) is 20.3. The fourth-order valence-corrected chi connectivity index (χ4v) is 7.19. The van der Waals surface area contributed by atoms with Crippen LogP contribution in [0.3, 0.4) is 0 Å². The molecule has 4 heterocycles. The molecule has 0 saturated heterocycles.